The SMILES string of the molecule is COC1C=C(C)C(c2ccccc2)O1. The van der Waals surface area contributed by atoms with Gasteiger partial charge < -0.3 is 9.47 Å². The van der Waals surface area contributed by atoms with Gasteiger partial charge in [0.25, 0.3) is 0 Å². The van der Waals surface area contributed by atoms with E-state index in [9.17, 15) is 0 Å². The summed E-state index contributed by atoms with van der Waals surface area (Å²) in [6.45, 7) is 2.07. The van der Waals surface area contributed by atoms with E-state index in [-0.39, 0.29) is 12.4 Å². The molecule has 1 aromatic rings. The maximum Gasteiger partial charge on any atom is 0.178 e. The van der Waals surface area contributed by atoms with Crippen molar-refractivity contribution in [3.63, 3.8) is 0 Å². The lowest BCUT2D eigenvalue weighted by atomic mass is 10.0. The van der Waals surface area contributed by atoms with Crippen molar-refractivity contribution in [3.8, 4) is 0 Å². The molecule has 0 bridgehead atoms. The van der Waals surface area contributed by atoms with Gasteiger partial charge in [-0.15, -0.1) is 0 Å². The molecule has 1 heterocycles. The maximum absolute atomic E-state index is 5.69. The Labute approximate surface area is 84.2 Å². The number of hydrogen-bond donors (Lipinski definition) is 0. The van der Waals surface area contributed by atoms with Gasteiger partial charge in [0, 0.05) is 7.11 Å². The summed E-state index contributed by atoms with van der Waals surface area (Å²) in [5.41, 5.74) is 2.39. The molecule has 0 spiro atoms. The molecule has 0 amide bonds. The normalized spacial score (nSPS) is 26.3. The van der Waals surface area contributed by atoms with Crippen LogP contribution in [0.15, 0.2) is 42.0 Å². The Bertz CT molecular complexity index is 329. The Hall–Kier alpha value is -1.12. The fourth-order valence-corrected chi connectivity index (χ4v) is 1.68. The van der Waals surface area contributed by atoms with Gasteiger partial charge in [-0.3, -0.25) is 0 Å². The molecule has 0 saturated carbocycles. The van der Waals surface area contributed by atoms with Gasteiger partial charge in [0.2, 0.25) is 0 Å². The van der Waals surface area contributed by atoms with Gasteiger partial charge in [0.1, 0.15) is 6.10 Å². The molecule has 2 nitrogen and oxygen atoms in total. The lowest BCUT2D eigenvalue weighted by Gasteiger charge is -2.14. The van der Waals surface area contributed by atoms with Crippen molar-refractivity contribution in [3.05, 3.63) is 47.5 Å². The van der Waals surface area contributed by atoms with Gasteiger partial charge in [-0.05, 0) is 24.1 Å². The van der Waals surface area contributed by atoms with E-state index in [1.165, 1.54) is 11.1 Å². The number of ether oxygens (including phenoxy) is 2. The zero-order valence-electron chi connectivity index (χ0n) is 8.44. The molecule has 1 aliphatic rings. The highest BCUT2D eigenvalue weighted by molar-refractivity contribution is 5.28. The topological polar surface area (TPSA) is 18.5 Å². The fraction of sp³-hybridized carbons (Fsp3) is 0.333. The molecular weight excluding hydrogens is 176 g/mol. The first-order chi connectivity index (χ1) is 6.81. The zero-order chi connectivity index (χ0) is 9.97. The third-order valence-corrected chi connectivity index (χ3v) is 2.42. The standard InChI is InChI=1S/C12H14O2/c1-9-8-11(13-2)14-12(9)10-6-4-3-5-7-10/h3-8,11-12H,1-2H3. The van der Waals surface area contributed by atoms with Crippen molar-refractivity contribution in [1.29, 1.82) is 0 Å². The van der Waals surface area contributed by atoms with Gasteiger partial charge >= 0.3 is 0 Å². The molecule has 0 fully saturated rings. The third kappa shape index (κ3) is 1.72. The summed E-state index contributed by atoms with van der Waals surface area (Å²) in [5.74, 6) is 0. The third-order valence-electron chi connectivity index (χ3n) is 2.42. The van der Waals surface area contributed by atoms with E-state index in [0.29, 0.717) is 0 Å². The highest BCUT2D eigenvalue weighted by Gasteiger charge is 2.24. The van der Waals surface area contributed by atoms with Crippen molar-refractivity contribution >= 4 is 0 Å². The highest BCUT2D eigenvalue weighted by atomic mass is 16.7. The minimum Gasteiger partial charge on any atom is -0.352 e. The summed E-state index contributed by atoms with van der Waals surface area (Å²) in [7, 11) is 1.65. The van der Waals surface area contributed by atoms with E-state index < -0.39 is 0 Å². The average Bonchev–Trinajstić information content (AvgIpc) is 2.61. The van der Waals surface area contributed by atoms with Crippen LogP contribution < -0.4 is 0 Å². The van der Waals surface area contributed by atoms with E-state index in [1.54, 1.807) is 7.11 Å². The van der Waals surface area contributed by atoms with Crippen LogP contribution in [0.1, 0.15) is 18.6 Å². The smallest absolute Gasteiger partial charge is 0.178 e. The molecule has 0 radical (unpaired) electrons. The Morgan fingerprint density at radius 2 is 1.93 bits per heavy atom. The second kappa shape index (κ2) is 3.95. The van der Waals surface area contributed by atoms with Crippen molar-refractivity contribution in [2.24, 2.45) is 0 Å². The van der Waals surface area contributed by atoms with Gasteiger partial charge in [0.05, 0.1) is 0 Å². The molecule has 1 aromatic carbocycles. The van der Waals surface area contributed by atoms with E-state index >= 15 is 0 Å². The van der Waals surface area contributed by atoms with Crippen LogP contribution in [-0.4, -0.2) is 13.4 Å². The highest BCUT2D eigenvalue weighted by Crippen LogP contribution is 2.32. The van der Waals surface area contributed by atoms with Crippen LogP contribution in [-0.2, 0) is 9.47 Å². The van der Waals surface area contributed by atoms with E-state index in [1.807, 2.05) is 24.3 Å². The van der Waals surface area contributed by atoms with Gasteiger partial charge in [-0.25, -0.2) is 0 Å². The molecular formula is C12H14O2. The Kier molecular flexibility index (Phi) is 2.66. The number of rotatable bonds is 2. The van der Waals surface area contributed by atoms with Crippen molar-refractivity contribution in [1.82, 2.24) is 0 Å². The lowest BCUT2D eigenvalue weighted by Crippen LogP contribution is -2.09. The molecule has 0 aliphatic carbocycles. The Morgan fingerprint density at radius 1 is 1.21 bits per heavy atom. The molecule has 1 aliphatic heterocycles. The van der Waals surface area contributed by atoms with Gasteiger partial charge in [0.15, 0.2) is 6.29 Å². The van der Waals surface area contributed by atoms with E-state index in [0.717, 1.165) is 0 Å². The quantitative estimate of drug-likeness (QED) is 0.667. The van der Waals surface area contributed by atoms with Crippen LogP contribution in [0.4, 0.5) is 0 Å². The molecule has 74 valence electrons. The molecule has 2 unspecified atom stereocenters. The van der Waals surface area contributed by atoms with Gasteiger partial charge in [-0.1, -0.05) is 30.3 Å². The molecule has 2 atom stereocenters. The van der Waals surface area contributed by atoms with Crippen LogP contribution in [0.3, 0.4) is 0 Å². The summed E-state index contributed by atoms with van der Waals surface area (Å²) < 4.78 is 10.8. The Morgan fingerprint density at radius 3 is 2.50 bits per heavy atom. The van der Waals surface area contributed by atoms with E-state index in [4.69, 9.17) is 9.47 Å². The number of hydrogen-bond acceptors (Lipinski definition) is 2. The second-order valence-electron chi connectivity index (χ2n) is 3.44. The summed E-state index contributed by atoms with van der Waals surface area (Å²) in [5, 5.41) is 0. The van der Waals surface area contributed by atoms with Crippen LogP contribution in [0.5, 0.6) is 0 Å². The Balaban J connectivity index is 2.19. The molecule has 14 heavy (non-hydrogen) atoms. The minimum atomic E-state index is -0.194. The summed E-state index contributed by atoms with van der Waals surface area (Å²) >= 11 is 0. The summed E-state index contributed by atoms with van der Waals surface area (Å²) in [4.78, 5) is 0. The first-order valence-corrected chi connectivity index (χ1v) is 4.73. The van der Waals surface area contributed by atoms with E-state index in [2.05, 4.69) is 19.1 Å². The maximum atomic E-state index is 5.69. The van der Waals surface area contributed by atoms with Crippen molar-refractivity contribution in [2.45, 2.75) is 19.3 Å². The molecule has 0 aromatic heterocycles. The van der Waals surface area contributed by atoms with Crippen molar-refractivity contribution < 1.29 is 9.47 Å². The number of methoxy groups -OCH3 is 1. The predicted molar refractivity (Wildman–Crippen MR) is 54.8 cm³/mol. The van der Waals surface area contributed by atoms with Crippen LogP contribution in [0.25, 0.3) is 0 Å². The van der Waals surface area contributed by atoms with Crippen LogP contribution in [0, 0.1) is 0 Å². The zero-order valence-corrected chi connectivity index (χ0v) is 8.44. The van der Waals surface area contributed by atoms with Gasteiger partial charge in [-0.2, -0.15) is 0 Å². The molecule has 0 saturated heterocycles. The summed E-state index contributed by atoms with van der Waals surface area (Å²) in [6, 6.07) is 10.2. The second-order valence-corrected chi connectivity index (χ2v) is 3.44. The number of benzene rings is 1. The lowest BCUT2D eigenvalue weighted by molar-refractivity contribution is -0.101. The molecule has 0 N–H and O–H groups in total. The average molecular weight is 190 g/mol. The summed E-state index contributed by atoms with van der Waals surface area (Å²) in [6.07, 6.45) is 1.87. The molecule has 2 heteroatoms. The van der Waals surface area contributed by atoms with Crippen LogP contribution in [0.2, 0.25) is 0 Å². The fourth-order valence-electron chi connectivity index (χ4n) is 1.68. The largest absolute Gasteiger partial charge is 0.352 e. The minimum absolute atomic E-state index is 0.0566. The predicted octanol–water partition coefficient (Wildman–Crippen LogP) is 2.68. The van der Waals surface area contributed by atoms with Crippen LogP contribution >= 0.6 is 0 Å². The molecule has 2 rings (SSSR count). The van der Waals surface area contributed by atoms with Crippen molar-refractivity contribution in [2.75, 3.05) is 7.11 Å². The first-order valence-electron chi connectivity index (χ1n) is 4.73. The first kappa shape index (κ1) is 9.44. The monoisotopic (exact) mass is 190 g/mol.